The lowest BCUT2D eigenvalue weighted by Crippen LogP contribution is -2.39. The van der Waals surface area contributed by atoms with Crippen LogP contribution in [0.4, 0.5) is 0 Å². The fraction of sp³-hybridized carbons (Fsp3) is 0.700. The van der Waals surface area contributed by atoms with Crippen LogP contribution in [0.25, 0.3) is 0 Å². The Hall–Kier alpha value is -0.670. The molecule has 0 aromatic carbocycles. The highest BCUT2D eigenvalue weighted by molar-refractivity contribution is 5.93. The van der Waals surface area contributed by atoms with Gasteiger partial charge in [0, 0.05) is 0 Å². The van der Waals surface area contributed by atoms with Crippen LogP contribution in [0.2, 0.25) is 0 Å². The molecule has 2 N–H and O–H groups in total. The van der Waals surface area contributed by atoms with E-state index in [2.05, 4.69) is 0 Å². The summed E-state index contributed by atoms with van der Waals surface area (Å²) >= 11 is 0. The van der Waals surface area contributed by atoms with Gasteiger partial charge in [-0.2, -0.15) is 0 Å². The summed E-state index contributed by atoms with van der Waals surface area (Å²) in [5.41, 5.74) is 6.33. The number of carbonyl (C=O) groups excluding carboxylic acids is 1. The first-order chi connectivity index (χ1) is 5.96. The van der Waals surface area contributed by atoms with Gasteiger partial charge in [0.2, 0.25) is 0 Å². The first-order valence-electron chi connectivity index (χ1n) is 4.53. The average molecular weight is 183 g/mol. The van der Waals surface area contributed by atoms with E-state index in [1.165, 1.54) is 5.57 Å². The van der Waals surface area contributed by atoms with E-state index in [0.717, 1.165) is 0 Å². The Morgan fingerprint density at radius 3 is 2.62 bits per heavy atom. The van der Waals surface area contributed by atoms with Crippen LogP contribution in [0.15, 0.2) is 11.6 Å². The van der Waals surface area contributed by atoms with Crippen LogP contribution in [0, 0.1) is 0 Å². The molecule has 0 amide bonds. The van der Waals surface area contributed by atoms with Gasteiger partial charge in [-0.1, -0.05) is 11.6 Å². The Morgan fingerprint density at radius 1 is 1.69 bits per heavy atom. The van der Waals surface area contributed by atoms with Gasteiger partial charge in [0.15, 0.2) is 5.78 Å². The van der Waals surface area contributed by atoms with Gasteiger partial charge in [0.05, 0.1) is 12.6 Å². The van der Waals surface area contributed by atoms with E-state index in [1.54, 1.807) is 6.92 Å². The number of Topliss-reactive ketones (excluding diaryl/α,β-unsaturated/α-hetero) is 1. The van der Waals surface area contributed by atoms with Crippen molar-refractivity contribution in [2.75, 3.05) is 6.61 Å². The summed E-state index contributed by atoms with van der Waals surface area (Å²) in [6, 6.07) is -0.414. The molecule has 0 saturated carbocycles. The molecule has 1 aliphatic rings. The largest absolute Gasteiger partial charge is 0.362 e. The number of nitrogens with two attached hydrogens (primary N) is 1. The van der Waals surface area contributed by atoms with E-state index in [0.29, 0.717) is 13.0 Å². The minimum Gasteiger partial charge on any atom is -0.362 e. The van der Waals surface area contributed by atoms with Gasteiger partial charge >= 0.3 is 0 Å². The molecule has 1 fully saturated rings. The molecule has 13 heavy (non-hydrogen) atoms. The second kappa shape index (κ2) is 3.60. The van der Waals surface area contributed by atoms with Gasteiger partial charge in [-0.05, 0) is 27.2 Å². The van der Waals surface area contributed by atoms with Gasteiger partial charge in [0.25, 0.3) is 0 Å². The first kappa shape index (κ1) is 10.4. The Balaban J connectivity index is 2.44. The number of ketones is 1. The lowest BCUT2D eigenvalue weighted by molar-refractivity contribution is -0.124. The third-order valence-corrected chi connectivity index (χ3v) is 2.22. The SMILES string of the molecule is CC(C)=CCC(N)C(=O)[C@]1(C)CO1. The van der Waals surface area contributed by atoms with Crippen molar-refractivity contribution in [1.29, 1.82) is 0 Å². The van der Waals surface area contributed by atoms with Crippen molar-refractivity contribution in [2.45, 2.75) is 38.8 Å². The summed E-state index contributed by atoms with van der Waals surface area (Å²) in [7, 11) is 0. The highest BCUT2D eigenvalue weighted by Crippen LogP contribution is 2.28. The highest BCUT2D eigenvalue weighted by atomic mass is 16.6. The number of ether oxygens (including phenoxy) is 1. The second-order valence-corrected chi connectivity index (χ2v) is 4.01. The normalized spacial score (nSPS) is 28.0. The lowest BCUT2D eigenvalue weighted by Gasteiger charge is -2.10. The van der Waals surface area contributed by atoms with Crippen LogP contribution in [0.3, 0.4) is 0 Å². The maximum Gasteiger partial charge on any atom is 0.183 e. The first-order valence-corrected chi connectivity index (χ1v) is 4.53. The molecule has 0 aromatic rings. The molecule has 1 unspecified atom stereocenters. The van der Waals surface area contributed by atoms with Crippen molar-refractivity contribution in [1.82, 2.24) is 0 Å². The third-order valence-electron chi connectivity index (χ3n) is 2.22. The van der Waals surface area contributed by atoms with E-state index >= 15 is 0 Å². The summed E-state index contributed by atoms with van der Waals surface area (Å²) in [6.45, 7) is 6.30. The second-order valence-electron chi connectivity index (χ2n) is 4.01. The molecule has 74 valence electrons. The van der Waals surface area contributed by atoms with E-state index in [9.17, 15) is 4.79 Å². The molecule has 1 rings (SSSR count). The molecule has 3 nitrogen and oxygen atoms in total. The molecule has 1 heterocycles. The number of epoxide rings is 1. The standard InChI is InChI=1S/C10H17NO2/c1-7(2)4-5-8(11)9(12)10(3)6-13-10/h4,8H,5-6,11H2,1-3H3/t8?,10-/m0/s1. The Kier molecular flexibility index (Phi) is 2.88. The summed E-state index contributed by atoms with van der Waals surface area (Å²) in [5.74, 6) is 0.0185. The zero-order chi connectivity index (χ0) is 10.1. The molecule has 0 aromatic heterocycles. The van der Waals surface area contributed by atoms with E-state index in [4.69, 9.17) is 10.5 Å². The molecule has 0 bridgehead atoms. The topological polar surface area (TPSA) is 55.6 Å². The maximum absolute atomic E-state index is 11.6. The van der Waals surface area contributed by atoms with Crippen molar-refractivity contribution in [3.8, 4) is 0 Å². The summed E-state index contributed by atoms with van der Waals surface area (Å²) in [6.07, 6.45) is 2.59. The molecule has 1 aliphatic heterocycles. The number of hydrogen-bond donors (Lipinski definition) is 1. The number of carbonyl (C=O) groups is 1. The van der Waals surface area contributed by atoms with E-state index < -0.39 is 11.6 Å². The predicted octanol–water partition coefficient (Wildman–Crippen LogP) is 1.03. The van der Waals surface area contributed by atoms with E-state index in [-0.39, 0.29) is 5.78 Å². The fourth-order valence-electron chi connectivity index (χ4n) is 1.11. The van der Waals surface area contributed by atoms with Crippen LogP contribution in [0.1, 0.15) is 27.2 Å². The molecule has 0 spiro atoms. The lowest BCUT2D eigenvalue weighted by atomic mass is 9.98. The van der Waals surface area contributed by atoms with Gasteiger partial charge in [-0.3, -0.25) is 4.79 Å². The summed E-state index contributed by atoms with van der Waals surface area (Å²) in [5, 5.41) is 0. The quantitative estimate of drug-likeness (QED) is 0.523. The average Bonchev–Trinajstić information content (AvgIpc) is 2.79. The van der Waals surface area contributed by atoms with Crippen molar-refractivity contribution in [2.24, 2.45) is 5.73 Å². The molecular weight excluding hydrogens is 166 g/mol. The number of rotatable bonds is 4. The minimum absolute atomic E-state index is 0.0185. The van der Waals surface area contributed by atoms with Crippen LogP contribution < -0.4 is 5.73 Å². The van der Waals surface area contributed by atoms with Crippen molar-refractivity contribution in [3.63, 3.8) is 0 Å². The minimum atomic E-state index is -0.575. The van der Waals surface area contributed by atoms with Crippen molar-refractivity contribution >= 4 is 5.78 Å². The third kappa shape index (κ3) is 2.64. The molecule has 2 atom stereocenters. The van der Waals surface area contributed by atoms with Gasteiger partial charge in [-0.15, -0.1) is 0 Å². The van der Waals surface area contributed by atoms with Gasteiger partial charge in [0.1, 0.15) is 5.60 Å². The van der Waals surface area contributed by atoms with Crippen molar-refractivity contribution in [3.05, 3.63) is 11.6 Å². The van der Waals surface area contributed by atoms with Crippen molar-refractivity contribution < 1.29 is 9.53 Å². The van der Waals surface area contributed by atoms with Crippen LogP contribution in [-0.4, -0.2) is 24.0 Å². The smallest absolute Gasteiger partial charge is 0.183 e. The van der Waals surface area contributed by atoms with Gasteiger partial charge < -0.3 is 10.5 Å². The summed E-state index contributed by atoms with van der Waals surface area (Å²) < 4.78 is 5.04. The molecule has 0 aliphatic carbocycles. The molecule has 3 heteroatoms. The number of allylic oxidation sites excluding steroid dienone is 1. The highest BCUT2D eigenvalue weighted by Gasteiger charge is 2.48. The monoisotopic (exact) mass is 183 g/mol. The molecule has 1 saturated heterocycles. The summed E-state index contributed by atoms with van der Waals surface area (Å²) in [4.78, 5) is 11.6. The zero-order valence-electron chi connectivity index (χ0n) is 8.46. The van der Waals surface area contributed by atoms with Gasteiger partial charge in [-0.25, -0.2) is 0 Å². The predicted molar refractivity (Wildman–Crippen MR) is 51.4 cm³/mol. The van der Waals surface area contributed by atoms with Crippen LogP contribution in [0.5, 0.6) is 0 Å². The van der Waals surface area contributed by atoms with Crippen LogP contribution >= 0.6 is 0 Å². The fourth-order valence-corrected chi connectivity index (χ4v) is 1.11. The molecule has 0 radical (unpaired) electrons. The van der Waals surface area contributed by atoms with E-state index in [1.807, 2.05) is 19.9 Å². The Bertz CT molecular complexity index is 237. The van der Waals surface area contributed by atoms with Crippen LogP contribution in [-0.2, 0) is 9.53 Å². The number of hydrogen-bond acceptors (Lipinski definition) is 3. The Labute approximate surface area is 78.9 Å². The Morgan fingerprint density at radius 2 is 2.23 bits per heavy atom. The molecular formula is C10H17NO2. The zero-order valence-corrected chi connectivity index (χ0v) is 8.46. The maximum atomic E-state index is 11.6.